The minimum absolute atomic E-state index is 0.247. The maximum absolute atomic E-state index is 12.4. The van der Waals surface area contributed by atoms with Crippen molar-refractivity contribution in [3.05, 3.63) is 0 Å². The summed E-state index contributed by atoms with van der Waals surface area (Å²) in [7, 11) is 4.09. The van der Waals surface area contributed by atoms with E-state index in [0.29, 0.717) is 12.5 Å². The zero-order chi connectivity index (χ0) is 26.3. The van der Waals surface area contributed by atoms with Crippen LogP contribution < -0.4 is 5.32 Å². The smallest absolute Gasteiger partial charge is 0.221 e. The third-order valence-corrected chi connectivity index (χ3v) is 8.43. The molecule has 3 atom stereocenters. The van der Waals surface area contributed by atoms with E-state index in [0.717, 1.165) is 18.4 Å². The molecular weight excluding hydrogens is 440 g/mol. The highest BCUT2D eigenvalue weighted by Crippen LogP contribution is 2.45. The Kier molecular flexibility index (Phi) is 21.9. The number of carbonyl (C=O) groups excluding carboxylic acids is 1. The van der Waals surface area contributed by atoms with Crippen molar-refractivity contribution in [3.8, 4) is 0 Å². The summed E-state index contributed by atoms with van der Waals surface area (Å²) >= 11 is 0. The first-order valence-electron chi connectivity index (χ1n) is 16.5. The van der Waals surface area contributed by atoms with Crippen molar-refractivity contribution in [3.63, 3.8) is 0 Å². The van der Waals surface area contributed by atoms with Gasteiger partial charge in [-0.25, -0.2) is 0 Å². The predicted molar refractivity (Wildman–Crippen MR) is 160 cm³/mol. The van der Waals surface area contributed by atoms with Crippen LogP contribution in [0.3, 0.4) is 0 Å². The first kappa shape index (κ1) is 33.5. The molecule has 0 unspecified atom stereocenters. The molecule has 0 aromatic rings. The Hall–Kier alpha value is -0.570. The van der Waals surface area contributed by atoms with Crippen molar-refractivity contribution in [1.29, 1.82) is 0 Å². The van der Waals surface area contributed by atoms with E-state index < -0.39 is 0 Å². The molecule has 0 radical (unpaired) electrons. The molecule has 36 heavy (non-hydrogen) atoms. The fraction of sp³-hybridized carbons (Fsp3) is 0.970. The summed E-state index contributed by atoms with van der Waals surface area (Å²) < 4.78 is 0. The van der Waals surface area contributed by atoms with Gasteiger partial charge in [0.2, 0.25) is 5.91 Å². The lowest BCUT2D eigenvalue weighted by atomic mass is 9.99. The summed E-state index contributed by atoms with van der Waals surface area (Å²) in [6.07, 6.45) is 32.5. The summed E-state index contributed by atoms with van der Waals surface area (Å²) in [5.41, 5.74) is 0. The molecule has 3 heteroatoms. The van der Waals surface area contributed by atoms with Crippen LogP contribution in [-0.4, -0.2) is 37.5 Å². The Labute approximate surface area is 227 Å². The van der Waals surface area contributed by atoms with Gasteiger partial charge in [0.15, 0.2) is 0 Å². The summed E-state index contributed by atoms with van der Waals surface area (Å²) in [6.45, 7) is 5.43. The van der Waals surface area contributed by atoms with E-state index in [9.17, 15) is 4.79 Å². The number of carbonyl (C=O) groups is 1. The first-order chi connectivity index (χ1) is 17.6. The SMILES string of the molecule is CCCCCCCCC[C@H](CCCCCCC[C@H]1C[C@@H]1CCCCCCCC)NC(=O)CCN(C)C. The van der Waals surface area contributed by atoms with Crippen LogP contribution >= 0.6 is 0 Å². The van der Waals surface area contributed by atoms with Gasteiger partial charge in [-0.3, -0.25) is 4.79 Å². The van der Waals surface area contributed by atoms with E-state index in [2.05, 4.69) is 24.1 Å². The Morgan fingerprint density at radius 1 is 0.667 bits per heavy atom. The fourth-order valence-electron chi connectivity index (χ4n) is 5.79. The average molecular weight is 507 g/mol. The van der Waals surface area contributed by atoms with Crippen molar-refractivity contribution in [2.24, 2.45) is 11.8 Å². The van der Waals surface area contributed by atoms with Gasteiger partial charge in [-0.2, -0.15) is 0 Å². The van der Waals surface area contributed by atoms with E-state index in [1.54, 1.807) is 0 Å². The fourth-order valence-corrected chi connectivity index (χ4v) is 5.79. The topological polar surface area (TPSA) is 32.3 Å². The zero-order valence-corrected chi connectivity index (χ0v) is 25.3. The van der Waals surface area contributed by atoms with Gasteiger partial charge < -0.3 is 10.2 Å². The predicted octanol–water partition coefficient (Wildman–Crippen LogP) is 9.68. The number of nitrogens with zero attached hydrogens (tertiary/aromatic N) is 1. The first-order valence-corrected chi connectivity index (χ1v) is 16.5. The van der Waals surface area contributed by atoms with Gasteiger partial charge in [0.1, 0.15) is 0 Å². The van der Waals surface area contributed by atoms with Crippen molar-refractivity contribution in [1.82, 2.24) is 10.2 Å². The van der Waals surface area contributed by atoms with Crippen LogP contribution in [0.25, 0.3) is 0 Å². The number of amides is 1. The van der Waals surface area contributed by atoms with E-state index in [-0.39, 0.29) is 5.91 Å². The summed E-state index contributed by atoms with van der Waals surface area (Å²) in [5.74, 6) is 2.40. The summed E-state index contributed by atoms with van der Waals surface area (Å²) in [5, 5.41) is 3.38. The Morgan fingerprint density at radius 3 is 1.53 bits per heavy atom. The monoisotopic (exact) mass is 507 g/mol. The van der Waals surface area contributed by atoms with Crippen molar-refractivity contribution < 1.29 is 4.79 Å². The molecule has 1 fully saturated rings. The van der Waals surface area contributed by atoms with Gasteiger partial charge in [-0.15, -0.1) is 0 Å². The van der Waals surface area contributed by atoms with Gasteiger partial charge in [0, 0.05) is 19.0 Å². The average Bonchev–Trinajstić information content (AvgIpc) is 3.61. The molecule has 0 saturated heterocycles. The van der Waals surface area contributed by atoms with Gasteiger partial charge in [0.05, 0.1) is 0 Å². The van der Waals surface area contributed by atoms with Crippen molar-refractivity contribution in [2.45, 2.75) is 174 Å². The summed E-state index contributed by atoms with van der Waals surface area (Å²) in [4.78, 5) is 14.5. The lowest BCUT2D eigenvalue weighted by Crippen LogP contribution is -2.36. The number of nitrogens with one attached hydrogen (secondary N) is 1. The van der Waals surface area contributed by atoms with Gasteiger partial charge in [0.25, 0.3) is 0 Å². The second-order valence-electron chi connectivity index (χ2n) is 12.4. The van der Waals surface area contributed by atoms with Gasteiger partial charge in [-0.1, -0.05) is 142 Å². The lowest BCUT2D eigenvalue weighted by molar-refractivity contribution is -0.122. The van der Waals surface area contributed by atoms with E-state index in [4.69, 9.17) is 0 Å². The maximum Gasteiger partial charge on any atom is 0.221 e. The van der Waals surface area contributed by atoms with Crippen LogP contribution in [0.15, 0.2) is 0 Å². The number of hydrogen-bond donors (Lipinski definition) is 1. The second-order valence-corrected chi connectivity index (χ2v) is 12.4. The van der Waals surface area contributed by atoms with Crippen LogP contribution in [-0.2, 0) is 4.79 Å². The second kappa shape index (κ2) is 23.5. The molecule has 1 aliphatic rings. The molecule has 214 valence electrons. The lowest BCUT2D eigenvalue weighted by Gasteiger charge is -2.20. The molecule has 1 rings (SSSR count). The molecule has 1 aliphatic carbocycles. The van der Waals surface area contributed by atoms with E-state index in [1.165, 1.54) is 148 Å². The number of unbranched alkanes of at least 4 members (excludes halogenated alkanes) is 15. The van der Waals surface area contributed by atoms with Crippen LogP contribution in [0.2, 0.25) is 0 Å². The highest BCUT2D eigenvalue weighted by molar-refractivity contribution is 5.76. The van der Waals surface area contributed by atoms with Crippen molar-refractivity contribution in [2.75, 3.05) is 20.6 Å². The molecule has 0 aromatic carbocycles. The molecule has 0 bridgehead atoms. The number of hydrogen-bond acceptors (Lipinski definition) is 2. The summed E-state index contributed by atoms with van der Waals surface area (Å²) in [6, 6.07) is 0.393. The maximum atomic E-state index is 12.4. The molecule has 0 aliphatic heterocycles. The molecule has 3 nitrogen and oxygen atoms in total. The minimum atomic E-state index is 0.247. The van der Waals surface area contributed by atoms with Crippen LogP contribution in [0.5, 0.6) is 0 Å². The Bertz CT molecular complexity index is 492. The normalized spacial score (nSPS) is 18.0. The van der Waals surface area contributed by atoms with E-state index in [1.807, 2.05) is 14.1 Å². The molecule has 0 spiro atoms. The Balaban J connectivity index is 2.07. The third kappa shape index (κ3) is 20.5. The van der Waals surface area contributed by atoms with Crippen LogP contribution in [0.4, 0.5) is 0 Å². The standard InChI is InChI=1S/C33H66N2O/c1-5-7-9-11-13-17-21-25-32(34-33(36)27-28-35(3)4)26-22-18-14-16-20-24-31-29-30(31)23-19-15-12-10-8-6-2/h30-32H,5-29H2,1-4H3,(H,34,36)/t30-,31-,32+/m0/s1. The van der Waals surface area contributed by atoms with Crippen LogP contribution in [0.1, 0.15) is 168 Å². The number of rotatable bonds is 27. The molecule has 1 amide bonds. The molecule has 1 saturated carbocycles. The molecule has 1 N–H and O–H groups in total. The molecule has 0 aromatic heterocycles. The third-order valence-electron chi connectivity index (χ3n) is 8.43. The quantitative estimate of drug-likeness (QED) is 0.112. The van der Waals surface area contributed by atoms with Crippen LogP contribution in [0, 0.1) is 11.8 Å². The molecular formula is C33H66N2O. The van der Waals surface area contributed by atoms with Gasteiger partial charge >= 0.3 is 0 Å². The van der Waals surface area contributed by atoms with Crippen molar-refractivity contribution >= 4 is 5.91 Å². The Morgan fingerprint density at radius 2 is 1.08 bits per heavy atom. The largest absolute Gasteiger partial charge is 0.353 e. The molecule has 0 heterocycles. The minimum Gasteiger partial charge on any atom is -0.353 e. The van der Waals surface area contributed by atoms with E-state index >= 15 is 0 Å². The van der Waals surface area contributed by atoms with Gasteiger partial charge in [-0.05, 0) is 45.2 Å². The highest BCUT2D eigenvalue weighted by Gasteiger charge is 2.34. The highest BCUT2D eigenvalue weighted by atomic mass is 16.1. The zero-order valence-electron chi connectivity index (χ0n) is 25.3.